The van der Waals surface area contributed by atoms with Crippen molar-refractivity contribution in [1.82, 2.24) is 29.9 Å². The summed E-state index contributed by atoms with van der Waals surface area (Å²) in [7, 11) is 1.50. The van der Waals surface area contributed by atoms with E-state index in [1.165, 1.54) is 19.5 Å². The van der Waals surface area contributed by atoms with Crippen molar-refractivity contribution in [2.45, 2.75) is 44.6 Å². The highest BCUT2D eigenvalue weighted by Crippen LogP contribution is 2.32. The zero-order chi connectivity index (χ0) is 30.6. The van der Waals surface area contributed by atoms with Crippen LogP contribution in [0.4, 0.5) is 24.8 Å². The van der Waals surface area contributed by atoms with E-state index in [1.807, 2.05) is 4.90 Å². The second-order valence-electron chi connectivity index (χ2n) is 9.98. The molecule has 1 aliphatic heterocycles. The van der Waals surface area contributed by atoms with Crippen molar-refractivity contribution in [3.8, 4) is 5.75 Å². The third-order valence-corrected chi connectivity index (χ3v) is 6.94. The summed E-state index contributed by atoms with van der Waals surface area (Å²) >= 11 is 5.86. The van der Waals surface area contributed by atoms with Gasteiger partial charge in [0.2, 0.25) is 5.95 Å². The summed E-state index contributed by atoms with van der Waals surface area (Å²) in [6.07, 6.45) is -0.0557. The second-order valence-corrected chi connectivity index (χ2v) is 10.4. The van der Waals surface area contributed by atoms with Crippen molar-refractivity contribution in [3.63, 3.8) is 0 Å². The largest absolute Gasteiger partial charge is 0.497 e. The van der Waals surface area contributed by atoms with Crippen molar-refractivity contribution in [2.24, 2.45) is 0 Å². The number of hydrogen-bond acceptors (Lipinski definition) is 11. The average molecular weight is 621 g/mol. The fourth-order valence-electron chi connectivity index (χ4n) is 4.63. The van der Waals surface area contributed by atoms with Gasteiger partial charge in [0.15, 0.2) is 5.82 Å². The van der Waals surface area contributed by atoms with Gasteiger partial charge in [-0.25, -0.2) is 14.6 Å². The number of ether oxygens (including phenoxy) is 2. The Labute approximate surface area is 248 Å². The Balaban J connectivity index is 1.16. The van der Waals surface area contributed by atoms with E-state index in [1.54, 1.807) is 31.2 Å². The lowest BCUT2D eigenvalue weighted by Gasteiger charge is -2.19. The lowest BCUT2D eigenvalue weighted by Crippen LogP contribution is -2.34. The van der Waals surface area contributed by atoms with Gasteiger partial charge >= 0.3 is 6.18 Å². The zero-order valence-corrected chi connectivity index (χ0v) is 24.0. The zero-order valence-electron chi connectivity index (χ0n) is 23.2. The Hall–Kier alpha value is -4.24. The van der Waals surface area contributed by atoms with Gasteiger partial charge in [-0.15, -0.1) is 0 Å². The van der Waals surface area contributed by atoms with Gasteiger partial charge in [0, 0.05) is 25.0 Å². The molecule has 2 unspecified atom stereocenters. The van der Waals surface area contributed by atoms with Crippen LogP contribution in [0.3, 0.4) is 0 Å². The van der Waals surface area contributed by atoms with Crippen LogP contribution in [-0.4, -0.2) is 62.7 Å². The third kappa shape index (κ3) is 7.40. The number of methoxy groups -OCH3 is 1. The van der Waals surface area contributed by atoms with Crippen LogP contribution in [0, 0.1) is 0 Å². The Bertz CT molecular complexity index is 1580. The highest BCUT2D eigenvalue weighted by atomic mass is 35.5. The molecule has 1 saturated heterocycles. The molecule has 0 amide bonds. The lowest BCUT2D eigenvalue weighted by atomic mass is 10.1. The molecule has 4 aromatic rings. The molecule has 0 spiro atoms. The Morgan fingerprint density at radius 1 is 1.19 bits per heavy atom. The van der Waals surface area contributed by atoms with Gasteiger partial charge in [0.05, 0.1) is 49.6 Å². The van der Waals surface area contributed by atoms with Crippen molar-refractivity contribution in [1.29, 1.82) is 0 Å². The molecular formula is C27H28ClF3N8O4. The third-order valence-electron chi connectivity index (χ3n) is 6.74. The Morgan fingerprint density at radius 2 is 1.93 bits per heavy atom. The van der Waals surface area contributed by atoms with E-state index in [2.05, 4.69) is 30.5 Å². The fraction of sp³-hybridized carbons (Fsp3) is 0.407. The molecule has 4 heterocycles. The molecular weight excluding hydrogens is 593 g/mol. The standard InChI is InChI=1S/C27H28ClF3N8O4/c1-16(14-42-15-22-36-24(37-43-22)18-7-8-38(13-18)26-32-9-19(28)10-33-26)35-21-11-34-39(25(40)23(21)27(29,30)31)12-17-3-5-20(41-2)6-4-17/h3-6,9-11,16,18,35H,7-8,12-15H2,1-2H3. The summed E-state index contributed by atoms with van der Waals surface area (Å²) in [6, 6.07) is 6.00. The number of nitrogens with one attached hydrogen (secondary N) is 1. The van der Waals surface area contributed by atoms with E-state index < -0.39 is 29.0 Å². The van der Waals surface area contributed by atoms with Crippen LogP contribution in [0.5, 0.6) is 5.75 Å². The maximum Gasteiger partial charge on any atom is 0.423 e. The number of anilines is 2. The summed E-state index contributed by atoms with van der Waals surface area (Å²) in [5, 5.41) is 11.2. The van der Waals surface area contributed by atoms with Crippen LogP contribution >= 0.6 is 11.6 Å². The highest BCUT2D eigenvalue weighted by Gasteiger charge is 2.38. The molecule has 0 bridgehead atoms. The lowest BCUT2D eigenvalue weighted by molar-refractivity contribution is -0.138. The molecule has 0 saturated carbocycles. The molecule has 3 aromatic heterocycles. The molecule has 1 fully saturated rings. The van der Waals surface area contributed by atoms with E-state index in [4.69, 9.17) is 25.6 Å². The van der Waals surface area contributed by atoms with E-state index in [9.17, 15) is 18.0 Å². The van der Waals surface area contributed by atoms with Gasteiger partial charge in [-0.1, -0.05) is 28.9 Å². The van der Waals surface area contributed by atoms with Gasteiger partial charge in [-0.3, -0.25) is 4.79 Å². The van der Waals surface area contributed by atoms with Crippen LogP contribution in [0.2, 0.25) is 5.02 Å². The minimum absolute atomic E-state index is 0.00491. The van der Waals surface area contributed by atoms with Crippen LogP contribution < -0.4 is 20.5 Å². The predicted octanol–water partition coefficient (Wildman–Crippen LogP) is 4.16. The number of rotatable bonds is 11. The van der Waals surface area contributed by atoms with Crippen LogP contribution in [-0.2, 0) is 24.1 Å². The van der Waals surface area contributed by atoms with Gasteiger partial charge in [-0.05, 0) is 31.0 Å². The smallest absolute Gasteiger partial charge is 0.423 e. The van der Waals surface area contributed by atoms with E-state index in [0.29, 0.717) is 34.7 Å². The number of benzene rings is 1. The molecule has 12 nitrogen and oxygen atoms in total. The van der Waals surface area contributed by atoms with Gasteiger partial charge in [0.25, 0.3) is 11.4 Å². The van der Waals surface area contributed by atoms with E-state index in [-0.39, 0.29) is 31.6 Å². The Morgan fingerprint density at radius 3 is 2.63 bits per heavy atom. The molecule has 0 radical (unpaired) electrons. The van der Waals surface area contributed by atoms with Crippen LogP contribution in [0.1, 0.15) is 42.1 Å². The quantitative estimate of drug-likeness (QED) is 0.259. The maximum absolute atomic E-state index is 13.9. The number of alkyl halides is 3. The van der Waals surface area contributed by atoms with Crippen LogP contribution in [0.15, 0.2) is 52.2 Å². The molecule has 43 heavy (non-hydrogen) atoms. The maximum atomic E-state index is 13.9. The molecule has 5 rings (SSSR count). The summed E-state index contributed by atoms with van der Waals surface area (Å²) in [6.45, 7) is 2.77. The van der Waals surface area contributed by atoms with Gasteiger partial charge in [0.1, 0.15) is 17.9 Å². The molecule has 2 atom stereocenters. The first-order chi connectivity index (χ1) is 20.6. The topological polar surface area (TPSA) is 133 Å². The van der Waals surface area contributed by atoms with E-state index >= 15 is 0 Å². The SMILES string of the molecule is COc1ccc(Cn2ncc(NC(C)COCc3nc(C4CCN(c5ncc(Cl)cn5)C4)no3)c(C(F)(F)F)c2=O)cc1. The summed E-state index contributed by atoms with van der Waals surface area (Å²) in [5.74, 6) is 1.93. The predicted molar refractivity (Wildman–Crippen MR) is 149 cm³/mol. The Kier molecular flexibility index (Phi) is 9.11. The first-order valence-electron chi connectivity index (χ1n) is 13.3. The number of hydrogen-bond donors (Lipinski definition) is 1. The summed E-state index contributed by atoms with van der Waals surface area (Å²) < 4.78 is 58.6. The molecule has 0 aliphatic carbocycles. The molecule has 1 aromatic carbocycles. The molecule has 228 valence electrons. The van der Waals surface area contributed by atoms with Crippen molar-refractivity contribution in [3.05, 3.63) is 81.1 Å². The minimum atomic E-state index is -4.90. The number of nitrogens with zero attached hydrogens (tertiary/aromatic N) is 7. The fourth-order valence-corrected chi connectivity index (χ4v) is 4.73. The second kappa shape index (κ2) is 13.0. The monoisotopic (exact) mass is 620 g/mol. The van der Waals surface area contributed by atoms with Crippen LogP contribution in [0.25, 0.3) is 0 Å². The van der Waals surface area contributed by atoms with Crippen molar-refractivity contribution < 1.29 is 27.2 Å². The number of aromatic nitrogens is 6. The molecule has 16 heteroatoms. The first-order valence-corrected chi connectivity index (χ1v) is 13.7. The summed E-state index contributed by atoms with van der Waals surface area (Å²) in [5.41, 5.74) is -2.43. The summed E-state index contributed by atoms with van der Waals surface area (Å²) in [4.78, 5) is 27.7. The van der Waals surface area contributed by atoms with Gasteiger partial charge < -0.3 is 24.2 Å². The minimum Gasteiger partial charge on any atom is -0.497 e. The van der Waals surface area contributed by atoms with Crippen molar-refractivity contribution >= 4 is 23.2 Å². The molecule has 1 aliphatic rings. The highest BCUT2D eigenvalue weighted by molar-refractivity contribution is 6.30. The van der Waals surface area contributed by atoms with Gasteiger partial charge in [-0.2, -0.15) is 23.3 Å². The van der Waals surface area contributed by atoms with E-state index in [0.717, 1.165) is 23.8 Å². The average Bonchev–Trinajstić information content (AvgIpc) is 3.65. The number of halogens is 4. The first kappa shape index (κ1) is 30.2. The van der Waals surface area contributed by atoms with Crippen molar-refractivity contribution in [2.75, 3.05) is 37.0 Å². The normalized spacial score (nSPS) is 16.0. The molecule has 1 N–H and O–H groups in total.